The van der Waals surface area contributed by atoms with E-state index >= 15 is 0 Å². The molecule has 0 aromatic heterocycles. The van der Waals surface area contributed by atoms with Gasteiger partial charge in [0.25, 0.3) is 0 Å². The number of hydrogen-bond donors (Lipinski definition) is 1. The molecule has 0 aliphatic carbocycles. The fraction of sp³-hybridized carbons (Fsp3) is 0.208. The summed E-state index contributed by atoms with van der Waals surface area (Å²) in [6.45, 7) is 3.16. The third kappa shape index (κ3) is 4.62. The van der Waals surface area contributed by atoms with Crippen LogP contribution in [0.15, 0.2) is 76.6 Å². The summed E-state index contributed by atoms with van der Waals surface area (Å²) in [5.41, 5.74) is 3.66. The highest BCUT2D eigenvalue weighted by molar-refractivity contribution is 7.89. The summed E-state index contributed by atoms with van der Waals surface area (Å²) in [6, 6.07) is 19.5. The lowest BCUT2D eigenvalue weighted by molar-refractivity contribution is 0.318. The minimum atomic E-state index is -3.57. The van der Waals surface area contributed by atoms with Crippen LogP contribution in [0.2, 0.25) is 0 Å². The summed E-state index contributed by atoms with van der Waals surface area (Å²) in [5.74, 6) is 0.477. The predicted octanol–water partition coefficient (Wildman–Crippen LogP) is 4.29. The lowest BCUT2D eigenvalue weighted by Gasteiger charge is -2.28. The molecule has 0 spiro atoms. The van der Waals surface area contributed by atoms with Gasteiger partial charge in [-0.2, -0.15) is 4.31 Å². The topological polar surface area (TPSA) is 79.2 Å². The van der Waals surface area contributed by atoms with Gasteiger partial charge in [0.1, 0.15) is 0 Å². The highest BCUT2D eigenvalue weighted by Gasteiger charge is 2.28. The highest BCUT2D eigenvalue weighted by Crippen LogP contribution is 2.28. The Balaban J connectivity index is 1.49. The van der Waals surface area contributed by atoms with E-state index in [1.807, 2.05) is 25.1 Å². The molecule has 0 radical (unpaired) electrons. The van der Waals surface area contributed by atoms with Crippen molar-refractivity contribution in [2.24, 2.45) is 4.99 Å². The normalized spacial score (nSPS) is 14.5. The van der Waals surface area contributed by atoms with Gasteiger partial charge in [-0.3, -0.25) is 4.99 Å². The van der Waals surface area contributed by atoms with Crippen LogP contribution in [0.1, 0.15) is 23.6 Å². The van der Waals surface area contributed by atoms with Crippen LogP contribution in [0.4, 0.5) is 5.69 Å². The molecular weight excluding hydrogens is 412 g/mol. The van der Waals surface area contributed by atoms with Gasteiger partial charge in [-0.15, -0.1) is 0 Å². The number of fused-ring (bicyclic) bond motifs is 1. The van der Waals surface area contributed by atoms with Crippen LogP contribution in [-0.4, -0.2) is 37.2 Å². The van der Waals surface area contributed by atoms with Crippen LogP contribution < -0.4 is 4.74 Å². The largest absolute Gasteiger partial charge is 0.504 e. The number of phenolic OH excluding ortho intramolecular Hbond substituents is 1. The number of benzene rings is 3. The molecule has 4 rings (SSSR count). The molecule has 31 heavy (non-hydrogen) atoms. The lowest BCUT2D eigenvalue weighted by Crippen LogP contribution is -2.35. The maximum absolute atomic E-state index is 13.1. The Kier molecular flexibility index (Phi) is 6.06. The third-order valence-electron chi connectivity index (χ3n) is 5.22. The average Bonchev–Trinajstić information content (AvgIpc) is 2.79. The minimum Gasteiger partial charge on any atom is -0.504 e. The fourth-order valence-electron chi connectivity index (χ4n) is 3.56. The maximum atomic E-state index is 13.1. The van der Waals surface area contributed by atoms with E-state index in [0.717, 1.165) is 11.1 Å². The van der Waals surface area contributed by atoms with Crippen LogP contribution in [0.25, 0.3) is 0 Å². The summed E-state index contributed by atoms with van der Waals surface area (Å²) < 4.78 is 33.0. The second-order valence-corrected chi connectivity index (χ2v) is 9.21. The van der Waals surface area contributed by atoms with E-state index in [1.165, 1.54) is 9.87 Å². The minimum absolute atomic E-state index is 0.0777. The number of phenols is 1. The van der Waals surface area contributed by atoms with Crippen molar-refractivity contribution in [2.75, 3.05) is 13.2 Å². The summed E-state index contributed by atoms with van der Waals surface area (Å²) in [6.07, 6.45) is 2.36. The second-order valence-electron chi connectivity index (χ2n) is 7.27. The smallest absolute Gasteiger partial charge is 0.243 e. The lowest BCUT2D eigenvalue weighted by atomic mass is 10.0. The molecular formula is C24H24N2O4S. The third-order valence-corrected chi connectivity index (χ3v) is 7.08. The van der Waals surface area contributed by atoms with Gasteiger partial charge in [-0.05, 0) is 72.5 Å². The van der Waals surface area contributed by atoms with Gasteiger partial charge in [0.2, 0.25) is 10.0 Å². The molecule has 3 aromatic rings. The van der Waals surface area contributed by atoms with Gasteiger partial charge in [0.05, 0.1) is 17.2 Å². The monoisotopic (exact) mass is 436 g/mol. The first-order chi connectivity index (χ1) is 15.0. The Morgan fingerprint density at radius 2 is 1.81 bits per heavy atom. The molecule has 0 amide bonds. The van der Waals surface area contributed by atoms with Crippen LogP contribution in [0.3, 0.4) is 0 Å². The number of ether oxygens (including phenoxy) is 1. The van der Waals surface area contributed by atoms with Gasteiger partial charge < -0.3 is 9.84 Å². The number of sulfonamides is 1. The first-order valence-corrected chi connectivity index (χ1v) is 11.6. The summed E-state index contributed by atoms with van der Waals surface area (Å²) >= 11 is 0. The first kappa shape index (κ1) is 21.1. The molecule has 3 aromatic carbocycles. The molecule has 1 heterocycles. The standard InChI is InChI=1S/C24H24N2O4S/c1-2-30-24-15-18(7-12-23(24)27)16-25-21-8-10-22(11-9-21)31(28,29)26-14-13-19-5-3-4-6-20(19)17-26/h3-12,15-16,27H,2,13-14,17H2,1H3. The SMILES string of the molecule is CCOc1cc(C=Nc2ccc(S(=O)(=O)N3CCc4ccccc4C3)cc2)ccc1O. The van der Waals surface area contributed by atoms with Crippen LogP contribution >= 0.6 is 0 Å². The van der Waals surface area contributed by atoms with Gasteiger partial charge >= 0.3 is 0 Å². The zero-order chi connectivity index (χ0) is 21.8. The van der Waals surface area contributed by atoms with Crippen LogP contribution in [-0.2, 0) is 23.0 Å². The Labute approximate surface area is 182 Å². The summed E-state index contributed by atoms with van der Waals surface area (Å²) in [5, 5.41) is 9.79. The maximum Gasteiger partial charge on any atom is 0.243 e. The number of rotatable bonds is 6. The highest BCUT2D eigenvalue weighted by atomic mass is 32.2. The molecule has 0 unspecified atom stereocenters. The average molecular weight is 437 g/mol. The van der Waals surface area contributed by atoms with E-state index in [2.05, 4.69) is 11.1 Å². The van der Waals surface area contributed by atoms with E-state index < -0.39 is 10.0 Å². The van der Waals surface area contributed by atoms with Crippen LogP contribution in [0, 0.1) is 0 Å². The molecule has 6 nitrogen and oxygen atoms in total. The Morgan fingerprint density at radius 1 is 1.06 bits per heavy atom. The van der Waals surface area contributed by atoms with Crippen molar-refractivity contribution in [2.45, 2.75) is 24.8 Å². The zero-order valence-electron chi connectivity index (χ0n) is 17.2. The van der Waals surface area contributed by atoms with Gasteiger partial charge in [0, 0.05) is 19.3 Å². The van der Waals surface area contributed by atoms with E-state index in [0.29, 0.717) is 37.6 Å². The molecule has 1 aliphatic rings. The predicted molar refractivity (Wildman–Crippen MR) is 121 cm³/mol. The van der Waals surface area contributed by atoms with Crippen molar-refractivity contribution in [1.29, 1.82) is 0 Å². The fourth-order valence-corrected chi connectivity index (χ4v) is 4.98. The van der Waals surface area contributed by atoms with Gasteiger partial charge in [-0.25, -0.2) is 8.42 Å². The molecule has 7 heteroatoms. The van der Waals surface area contributed by atoms with E-state index in [4.69, 9.17) is 4.74 Å². The van der Waals surface area contributed by atoms with Crippen molar-refractivity contribution in [3.05, 3.63) is 83.4 Å². The van der Waals surface area contributed by atoms with Crippen molar-refractivity contribution in [3.8, 4) is 11.5 Å². The molecule has 160 valence electrons. The van der Waals surface area contributed by atoms with Gasteiger partial charge in [-0.1, -0.05) is 24.3 Å². The van der Waals surface area contributed by atoms with Crippen molar-refractivity contribution < 1.29 is 18.3 Å². The first-order valence-electron chi connectivity index (χ1n) is 10.1. The molecule has 0 saturated carbocycles. The van der Waals surface area contributed by atoms with Crippen molar-refractivity contribution in [1.82, 2.24) is 4.31 Å². The molecule has 0 bridgehead atoms. The van der Waals surface area contributed by atoms with E-state index in [-0.39, 0.29) is 10.6 Å². The second kappa shape index (κ2) is 8.91. The summed E-state index contributed by atoms with van der Waals surface area (Å²) in [7, 11) is -3.57. The van der Waals surface area contributed by atoms with Crippen molar-refractivity contribution in [3.63, 3.8) is 0 Å². The molecule has 1 N–H and O–H groups in total. The quantitative estimate of drug-likeness (QED) is 0.585. The number of nitrogens with zero attached hydrogens (tertiary/aromatic N) is 2. The Morgan fingerprint density at radius 3 is 2.55 bits per heavy atom. The van der Waals surface area contributed by atoms with Crippen LogP contribution in [0.5, 0.6) is 11.5 Å². The Bertz CT molecular complexity index is 1200. The van der Waals surface area contributed by atoms with Crippen molar-refractivity contribution >= 4 is 21.9 Å². The van der Waals surface area contributed by atoms with E-state index in [9.17, 15) is 13.5 Å². The Hall–Kier alpha value is -3.16. The number of hydrogen-bond acceptors (Lipinski definition) is 5. The molecule has 0 atom stereocenters. The summed E-state index contributed by atoms with van der Waals surface area (Å²) in [4.78, 5) is 4.66. The number of aliphatic imine (C=N–C) groups is 1. The number of aromatic hydroxyl groups is 1. The van der Waals surface area contributed by atoms with Gasteiger partial charge in [0.15, 0.2) is 11.5 Å². The molecule has 0 fully saturated rings. The molecule has 0 saturated heterocycles. The van der Waals surface area contributed by atoms with E-state index in [1.54, 1.807) is 48.7 Å². The zero-order valence-corrected chi connectivity index (χ0v) is 18.0. The molecule has 1 aliphatic heterocycles.